The van der Waals surface area contributed by atoms with Crippen LogP contribution in [0.2, 0.25) is 0 Å². The predicted octanol–water partition coefficient (Wildman–Crippen LogP) is 1.79. The summed E-state index contributed by atoms with van der Waals surface area (Å²) in [4.78, 5) is 11.4. The molecule has 0 radical (unpaired) electrons. The summed E-state index contributed by atoms with van der Waals surface area (Å²) in [7, 11) is -3.63. The molecule has 0 bridgehead atoms. The number of benzene rings is 1. The van der Waals surface area contributed by atoms with Crippen molar-refractivity contribution in [2.24, 2.45) is 5.92 Å². The van der Waals surface area contributed by atoms with Crippen LogP contribution < -0.4 is 0 Å². The van der Waals surface area contributed by atoms with Crippen molar-refractivity contribution in [3.05, 3.63) is 29.3 Å². The fourth-order valence-corrected chi connectivity index (χ4v) is 4.67. The van der Waals surface area contributed by atoms with Gasteiger partial charge < -0.3 is 5.11 Å². The van der Waals surface area contributed by atoms with E-state index < -0.39 is 28.0 Å². The third-order valence-electron chi connectivity index (χ3n) is 3.82. The molecule has 5 nitrogen and oxygen atoms in total. The summed E-state index contributed by atoms with van der Waals surface area (Å²) < 4.78 is 26.6. The molecule has 0 aromatic heterocycles. The summed E-state index contributed by atoms with van der Waals surface area (Å²) in [6.07, 6.45) is 0.362. The van der Waals surface area contributed by atoms with Gasteiger partial charge in [-0.3, -0.25) is 4.79 Å². The molecule has 0 spiro atoms. The van der Waals surface area contributed by atoms with Gasteiger partial charge in [0.25, 0.3) is 0 Å². The zero-order valence-corrected chi connectivity index (χ0v) is 12.6. The molecule has 2 atom stereocenters. The van der Waals surface area contributed by atoms with Crippen molar-refractivity contribution in [3.8, 4) is 0 Å². The second-order valence-corrected chi connectivity index (χ2v) is 7.30. The molecule has 2 unspecified atom stereocenters. The summed E-state index contributed by atoms with van der Waals surface area (Å²) in [5, 5.41) is 9.10. The van der Waals surface area contributed by atoms with Gasteiger partial charge in [0.1, 0.15) is 0 Å². The minimum absolute atomic E-state index is 0.243. The molecule has 1 aromatic rings. The Labute approximate surface area is 119 Å². The zero-order valence-electron chi connectivity index (χ0n) is 11.8. The first kappa shape index (κ1) is 15.0. The second-order valence-electron chi connectivity index (χ2n) is 5.41. The number of rotatable bonds is 3. The number of sulfonamides is 1. The molecule has 20 heavy (non-hydrogen) atoms. The number of aryl methyl sites for hydroxylation is 2. The van der Waals surface area contributed by atoms with Crippen LogP contribution in [0.1, 0.15) is 24.5 Å². The van der Waals surface area contributed by atoms with Crippen LogP contribution in [0.4, 0.5) is 0 Å². The van der Waals surface area contributed by atoms with E-state index in [-0.39, 0.29) is 11.4 Å². The SMILES string of the molecule is Cc1cc(C)cc(S(=O)(=O)N2CCC(C(=O)O)C2C)c1. The largest absolute Gasteiger partial charge is 0.481 e. The second kappa shape index (κ2) is 5.18. The average Bonchev–Trinajstić information content (AvgIpc) is 2.70. The number of carboxylic acid groups (broad SMARTS) is 1. The van der Waals surface area contributed by atoms with Crippen LogP contribution in [-0.2, 0) is 14.8 Å². The van der Waals surface area contributed by atoms with Crippen molar-refractivity contribution in [2.75, 3.05) is 6.54 Å². The van der Waals surface area contributed by atoms with Gasteiger partial charge in [-0.25, -0.2) is 8.42 Å². The molecule has 1 fully saturated rings. The summed E-state index contributed by atoms with van der Waals surface area (Å²) in [6, 6.07) is 4.65. The van der Waals surface area contributed by atoms with Crippen molar-refractivity contribution in [2.45, 2.75) is 38.1 Å². The van der Waals surface area contributed by atoms with Crippen molar-refractivity contribution < 1.29 is 18.3 Å². The van der Waals surface area contributed by atoms with Crippen molar-refractivity contribution in [1.82, 2.24) is 4.31 Å². The quantitative estimate of drug-likeness (QED) is 0.923. The summed E-state index contributed by atoms with van der Waals surface area (Å²) in [5.41, 5.74) is 1.76. The highest BCUT2D eigenvalue weighted by Crippen LogP contribution is 2.30. The van der Waals surface area contributed by atoms with Gasteiger partial charge in [-0.05, 0) is 50.5 Å². The lowest BCUT2D eigenvalue weighted by Crippen LogP contribution is -2.37. The van der Waals surface area contributed by atoms with Crippen LogP contribution >= 0.6 is 0 Å². The van der Waals surface area contributed by atoms with Gasteiger partial charge in [0.05, 0.1) is 10.8 Å². The normalized spacial score (nSPS) is 23.9. The molecule has 0 saturated carbocycles. The van der Waals surface area contributed by atoms with Crippen LogP contribution in [0.3, 0.4) is 0 Å². The fraction of sp³-hybridized carbons (Fsp3) is 0.500. The summed E-state index contributed by atoms with van der Waals surface area (Å²) in [6.45, 7) is 5.61. The number of carbonyl (C=O) groups is 1. The van der Waals surface area contributed by atoms with Crippen molar-refractivity contribution in [1.29, 1.82) is 0 Å². The van der Waals surface area contributed by atoms with Gasteiger partial charge in [0, 0.05) is 12.6 Å². The van der Waals surface area contributed by atoms with Crippen LogP contribution in [-0.4, -0.2) is 36.4 Å². The minimum Gasteiger partial charge on any atom is -0.481 e. The molecule has 1 aromatic carbocycles. The maximum Gasteiger partial charge on any atom is 0.308 e. The Morgan fingerprint density at radius 3 is 2.25 bits per heavy atom. The fourth-order valence-electron chi connectivity index (χ4n) is 2.80. The Kier molecular flexibility index (Phi) is 3.88. The van der Waals surface area contributed by atoms with E-state index in [0.29, 0.717) is 6.42 Å². The molecule has 0 aliphatic carbocycles. The Hall–Kier alpha value is -1.40. The van der Waals surface area contributed by atoms with Gasteiger partial charge in [0.2, 0.25) is 10.0 Å². The van der Waals surface area contributed by atoms with Gasteiger partial charge >= 0.3 is 5.97 Å². The highest BCUT2D eigenvalue weighted by atomic mass is 32.2. The van der Waals surface area contributed by atoms with Crippen molar-refractivity contribution in [3.63, 3.8) is 0 Å². The molecule has 110 valence electrons. The maximum atomic E-state index is 12.7. The monoisotopic (exact) mass is 297 g/mol. The Morgan fingerprint density at radius 1 is 1.25 bits per heavy atom. The van der Waals surface area contributed by atoms with Crippen LogP contribution in [0.25, 0.3) is 0 Å². The molecule has 6 heteroatoms. The lowest BCUT2D eigenvalue weighted by atomic mass is 10.0. The third-order valence-corrected chi connectivity index (χ3v) is 5.78. The molecule has 2 rings (SSSR count). The highest BCUT2D eigenvalue weighted by molar-refractivity contribution is 7.89. The standard InChI is InChI=1S/C14H19NO4S/c1-9-6-10(2)8-12(7-9)20(18,19)15-5-4-13(11(15)3)14(16)17/h6-8,11,13H,4-5H2,1-3H3,(H,16,17). The van der Waals surface area contributed by atoms with E-state index >= 15 is 0 Å². The molecule has 1 aliphatic rings. The molecule has 1 N–H and O–H groups in total. The molecular weight excluding hydrogens is 278 g/mol. The molecule has 1 aliphatic heterocycles. The van der Waals surface area contributed by atoms with E-state index in [0.717, 1.165) is 11.1 Å². The smallest absolute Gasteiger partial charge is 0.308 e. The predicted molar refractivity (Wildman–Crippen MR) is 75.0 cm³/mol. The zero-order chi connectivity index (χ0) is 15.1. The number of aliphatic carboxylic acids is 1. The van der Waals surface area contributed by atoms with E-state index in [1.807, 2.05) is 19.9 Å². The molecule has 0 amide bonds. The number of hydrogen-bond acceptors (Lipinski definition) is 3. The van der Waals surface area contributed by atoms with E-state index in [1.165, 1.54) is 4.31 Å². The average molecular weight is 297 g/mol. The van der Waals surface area contributed by atoms with Crippen molar-refractivity contribution >= 4 is 16.0 Å². The van der Waals surface area contributed by atoms with Crippen LogP contribution in [0.15, 0.2) is 23.1 Å². The number of nitrogens with zero attached hydrogens (tertiary/aromatic N) is 1. The molecular formula is C14H19NO4S. The first-order chi connectivity index (χ1) is 9.23. The van der Waals surface area contributed by atoms with Gasteiger partial charge in [-0.2, -0.15) is 4.31 Å². The summed E-state index contributed by atoms with van der Waals surface area (Å²) >= 11 is 0. The van der Waals surface area contributed by atoms with E-state index in [9.17, 15) is 13.2 Å². The van der Waals surface area contributed by atoms with E-state index in [1.54, 1.807) is 19.1 Å². The van der Waals surface area contributed by atoms with E-state index in [4.69, 9.17) is 5.11 Å². The lowest BCUT2D eigenvalue weighted by Gasteiger charge is -2.23. The Bertz CT molecular complexity index is 618. The minimum atomic E-state index is -3.63. The number of carboxylic acids is 1. The topological polar surface area (TPSA) is 74.7 Å². The summed E-state index contributed by atoms with van der Waals surface area (Å²) in [5.74, 6) is -1.56. The Balaban J connectivity index is 2.39. The van der Waals surface area contributed by atoms with Crippen LogP contribution in [0.5, 0.6) is 0 Å². The van der Waals surface area contributed by atoms with Crippen LogP contribution in [0, 0.1) is 19.8 Å². The first-order valence-electron chi connectivity index (χ1n) is 6.56. The van der Waals surface area contributed by atoms with Gasteiger partial charge in [0.15, 0.2) is 0 Å². The van der Waals surface area contributed by atoms with Gasteiger partial charge in [-0.15, -0.1) is 0 Å². The van der Waals surface area contributed by atoms with E-state index in [2.05, 4.69) is 0 Å². The lowest BCUT2D eigenvalue weighted by molar-refractivity contribution is -0.142. The maximum absolute atomic E-state index is 12.7. The molecule has 1 saturated heterocycles. The molecule has 1 heterocycles. The Morgan fingerprint density at radius 2 is 1.80 bits per heavy atom. The first-order valence-corrected chi connectivity index (χ1v) is 8.00. The van der Waals surface area contributed by atoms with Gasteiger partial charge in [-0.1, -0.05) is 6.07 Å². The number of hydrogen-bond donors (Lipinski definition) is 1. The highest BCUT2D eigenvalue weighted by Gasteiger charge is 2.42. The third kappa shape index (κ3) is 2.58.